The number of rotatable bonds is 8. The van der Waals surface area contributed by atoms with Crippen LogP contribution in [0.1, 0.15) is 47.0 Å². The molecular weight excluding hydrogens is 324 g/mol. The second-order valence-electron chi connectivity index (χ2n) is 6.59. The van der Waals surface area contributed by atoms with E-state index in [1.54, 1.807) is 6.92 Å². The molecule has 0 bridgehead atoms. The van der Waals surface area contributed by atoms with Crippen LogP contribution in [0, 0.1) is 17.8 Å². The van der Waals surface area contributed by atoms with Gasteiger partial charge in [0.15, 0.2) is 5.96 Å². The molecule has 0 aromatic heterocycles. The summed E-state index contributed by atoms with van der Waals surface area (Å²) in [6.45, 7) is 7.45. The Bertz CT molecular complexity index is 489. The van der Waals surface area contributed by atoms with Crippen molar-refractivity contribution >= 4 is 17.8 Å². The lowest BCUT2D eigenvalue weighted by Gasteiger charge is -2.35. The van der Waals surface area contributed by atoms with Crippen molar-refractivity contribution in [2.75, 3.05) is 6.61 Å². The fourth-order valence-corrected chi connectivity index (χ4v) is 3.88. The smallest absolute Gasteiger partial charge is 0.311 e. The molecule has 1 amide bonds. The predicted molar refractivity (Wildman–Crippen MR) is 95.5 cm³/mol. The molecule has 8 heteroatoms. The molecule has 0 aliphatic heterocycles. The Balaban J connectivity index is 3.23. The maximum Gasteiger partial charge on any atom is 0.311 e. The minimum absolute atomic E-state index is 0.0992. The van der Waals surface area contributed by atoms with Crippen LogP contribution in [-0.4, -0.2) is 47.7 Å². The molecule has 8 nitrogen and oxygen atoms in total. The third-order valence-electron chi connectivity index (χ3n) is 4.99. The Morgan fingerprint density at radius 1 is 1.28 bits per heavy atom. The number of amides is 1. The molecule has 1 saturated carbocycles. The van der Waals surface area contributed by atoms with E-state index < -0.39 is 30.0 Å². The molecule has 25 heavy (non-hydrogen) atoms. The molecule has 0 aromatic rings. The molecule has 5 atom stereocenters. The molecule has 0 radical (unpaired) electrons. The first-order chi connectivity index (χ1) is 11.8. The maximum absolute atomic E-state index is 12.2. The number of esters is 1. The Morgan fingerprint density at radius 3 is 2.32 bits per heavy atom. The van der Waals surface area contributed by atoms with Crippen molar-refractivity contribution in [3.05, 3.63) is 0 Å². The van der Waals surface area contributed by atoms with Gasteiger partial charge in [0, 0.05) is 18.9 Å². The fraction of sp³-hybridized carbons (Fsp3) is 0.824. The van der Waals surface area contributed by atoms with Crippen molar-refractivity contribution in [3.8, 4) is 0 Å². The zero-order valence-electron chi connectivity index (χ0n) is 15.6. The van der Waals surface area contributed by atoms with Gasteiger partial charge in [0.1, 0.15) is 0 Å². The minimum Gasteiger partial charge on any atom is -0.466 e. The number of hydrogen-bond donors (Lipinski definition) is 4. The normalized spacial score (nSPS) is 27.0. The average molecular weight is 356 g/mol. The lowest BCUT2D eigenvalue weighted by atomic mass is 9.80. The van der Waals surface area contributed by atoms with Gasteiger partial charge in [0.05, 0.1) is 24.7 Å². The number of ether oxygens (including phenoxy) is 1. The lowest BCUT2D eigenvalue weighted by Crippen LogP contribution is -2.51. The van der Waals surface area contributed by atoms with Gasteiger partial charge in [-0.25, -0.2) is 4.99 Å². The van der Waals surface area contributed by atoms with Gasteiger partial charge in [-0.3, -0.25) is 9.59 Å². The van der Waals surface area contributed by atoms with Gasteiger partial charge < -0.3 is 26.6 Å². The van der Waals surface area contributed by atoms with Gasteiger partial charge in [-0.15, -0.1) is 0 Å². The third-order valence-corrected chi connectivity index (χ3v) is 4.99. The van der Waals surface area contributed by atoms with Crippen molar-refractivity contribution in [2.24, 2.45) is 34.2 Å². The Hall–Kier alpha value is -1.83. The van der Waals surface area contributed by atoms with Crippen LogP contribution in [-0.2, 0) is 14.3 Å². The Labute approximate surface area is 149 Å². The van der Waals surface area contributed by atoms with E-state index in [1.165, 1.54) is 6.92 Å². The van der Waals surface area contributed by atoms with Crippen molar-refractivity contribution in [2.45, 2.75) is 65.1 Å². The summed E-state index contributed by atoms with van der Waals surface area (Å²) in [5.41, 5.74) is 11.1. The summed E-state index contributed by atoms with van der Waals surface area (Å²) >= 11 is 0. The SMILES string of the molecule is CCOC(=O)[C@H]1C[C@@H](N=C(N)N)[C@H]([C@@H](NC(C)=O)C(CC)CC)[C@@H]1O. The Kier molecular flexibility index (Phi) is 8.15. The average Bonchev–Trinajstić information content (AvgIpc) is 2.83. The van der Waals surface area contributed by atoms with Gasteiger partial charge >= 0.3 is 5.97 Å². The summed E-state index contributed by atoms with van der Waals surface area (Å²) in [7, 11) is 0. The van der Waals surface area contributed by atoms with E-state index in [4.69, 9.17) is 16.2 Å². The monoisotopic (exact) mass is 356 g/mol. The van der Waals surface area contributed by atoms with Crippen LogP contribution in [0.4, 0.5) is 0 Å². The Morgan fingerprint density at radius 2 is 1.88 bits per heavy atom. The van der Waals surface area contributed by atoms with Crippen LogP contribution in [0.2, 0.25) is 0 Å². The van der Waals surface area contributed by atoms with E-state index in [-0.39, 0.29) is 30.4 Å². The molecule has 1 rings (SSSR count). The second kappa shape index (κ2) is 9.60. The van der Waals surface area contributed by atoms with Crippen LogP contribution in [0.25, 0.3) is 0 Å². The molecular formula is C17H32N4O4. The van der Waals surface area contributed by atoms with Gasteiger partial charge in [-0.05, 0) is 19.3 Å². The molecule has 0 unspecified atom stereocenters. The van der Waals surface area contributed by atoms with E-state index in [0.29, 0.717) is 6.42 Å². The molecule has 1 aliphatic rings. The van der Waals surface area contributed by atoms with Crippen molar-refractivity contribution in [1.82, 2.24) is 5.32 Å². The summed E-state index contributed by atoms with van der Waals surface area (Å²) in [6.07, 6.45) is 0.954. The molecule has 0 heterocycles. The van der Waals surface area contributed by atoms with E-state index in [9.17, 15) is 14.7 Å². The summed E-state index contributed by atoms with van der Waals surface area (Å²) in [4.78, 5) is 28.2. The number of carbonyl (C=O) groups is 2. The molecule has 0 spiro atoms. The van der Waals surface area contributed by atoms with Crippen LogP contribution in [0.5, 0.6) is 0 Å². The lowest BCUT2D eigenvalue weighted by molar-refractivity contribution is -0.151. The highest BCUT2D eigenvalue weighted by molar-refractivity contribution is 5.77. The number of guanidine groups is 1. The number of carbonyl (C=O) groups excluding carboxylic acids is 2. The first kappa shape index (κ1) is 21.2. The predicted octanol–water partition coefficient (Wildman–Crippen LogP) is 0.129. The van der Waals surface area contributed by atoms with Crippen LogP contribution >= 0.6 is 0 Å². The van der Waals surface area contributed by atoms with Crippen molar-refractivity contribution in [3.63, 3.8) is 0 Å². The summed E-state index contributed by atoms with van der Waals surface area (Å²) in [5.74, 6) is -1.76. The number of hydrogen-bond acceptors (Lipinski definition) is 5. The van der Waals surface area contributed by atoms with Crippen LogP contribution < -0.4 is 16.8 Å². The van der Waals surface area contributed by atoms with Gasteiger partial charge in [0.2, 0.25) is 5.91 Å². The number of nitrogens with zero attached hydrogens (tertiary/aromatic N) is 1. The molecule has 144 valence electrons. The fourth-order valence-electron chi connectivity index (χ4n) is 3.88. The molecule has 1 aliphatic carbocycles. The third kappa shape index (κ3) is 5.32. The maximum atomic E-state index is 12.2. The first-order valence-electron chi connectivity index (χ1n) is 8.97. The molecule has 6 N–H and O–H groups in total. The number of aliphatic hydroxyl groups is 1. The summed E-state index contributed by atoms with van der Waals surface area (Å²) in [6, 6.07) is -0.776. The molecule has 1 fully saturated rings. The zero-order valence-corrected chi connectivity index (χ0v) is 15.6. The van der Waals surface area contributed by atoms with E-state index >= 15 is 0 Å². The van der Waals surface area contributed by atoms with Gasteiger partial charge in [-0.1, -0.05) is 26.7 Å². The quantitative estimate of drug-likeness (QED) is 0.277. The highest BCUT2D eigenvalue weighted by Crippen LogP contribution is 2.40. The number of nitrogens with two attached hydrogens (primary N) is 2. The standard InChI is InChI=1S/C17H32N4O4/c1-5-10(6-2)14(20-9(4)22)13-12(21-17(18)19)8-11(15(13)23)16(24)25-7-3/h10-15,23H,5-8H2,1-4H3,(H,20,22)(H4,18,19,21)/t11-,12+,13+,14-,15+/m0/s1. The number of aliphatic hydroxyl groups excluding tert-OH is 1. The summed E-state index contributed by atoms with van der Waals surface area (Å²) < 4.78 is 5.07. The highest BCUT2D eigenvalue weighted by Gasteiger charge is 2.51. The first-order valence-corrected chi connectivity index (χ1v) is 8.97. The van der Waals surface area contributed by atoms with Gasteiger partial charge in [-0.2, -0.15) is 0 Å². The zero-order chi connectivity index (χ0) is 19.1. The summed E-state index contributed by atoms with van der Waals surface area (Å²) in [5, 5.41) is 13.8. The number of aliphatic imine (C=N–C) groups is 1. The van der Waals surface area contributed by atoms with Crippen molar-refractivity contribution in [1.29, 1.82) is 0 Å². The minimum atomic E-state index is -0.982. The van der Waals surface area contributed by atoms with Crippen LogP contribution in [0.3, 0.4) is 0 Å². The van der Waals surface area contributed by atoms with E-state index in [0.717, 1.165) is 12.8 Å². The second-order valence-corrected chi connectivity index (χ2v) is 6.59. The molecule has 0 aromatic carbocycles. The number of nitrogens with one attached hydrogen (secondary N) is 1. The van der Waals surface area contributed by atoms with E-state index in [2.05, 4.69) is 10.3 Å². The largest absolute Gasteiger partial charge is 0.466 e. The highest BCUT2D eigenvalue weighted by atomic mass is 16.5. The van der Waals surface area contributed by atoms with Crippen molar-refractivity contribution < 1.29 is 19.4 Å². The van der Waals surface area contributed by atoms with Gasteiger partial charge in [0.25, 0.3) is 0 Å². The topological polar surface area (TPSA) is 140 Å². The molecule has 0 saturated heterocycles. The van der Waals surface area contributed by atoms with E-state index in [1.807, 2.05) is 13.8 Å². The van der Waals surface area contributed by atoms with Crippen LogP contribution in [0.15, 0.2) is 4.99 Å².